The first kappa shape index (κ1) is 41.0. The Bertz CT molecular complexity index is 1960. The lowest BCUT2D eigenvalue weighted by Gasteiger charge is -2.34. The van der Waals surface area contributed by atoms with Crippen molar-refractivity contribution in [1.82, 2.24) is 39.3 Å². The highest BCUT2D eigenvalue weighted by atomic mass is 19.4. The van der Waals surface area contributed by atoms with Crippen molar-refractivity contribution in [1.29, 1.82) is 0 Å². The number of fused-ring (bicyclic) bond motifs is 2. The Morgan fingerprint density at radius 3 is 1.68 bits per heavy atom. The zero-order valence-corrected chi connectivity index (χ0v) is 30.2. The van der Waals surface area contributed by atoms with Crippen LogP contribution < -0.4 is 16.4 Å². The summed E-state index contributed by atoms with van der Waals surface area (Å²) < 4.78 is 46.2. The third-order valence-electron chi connectivity index (χ3n) is 7.97. The maximum atomic E-state index is 12.5. The topological polar surface area (TPSA) is 195 Å². The standard InChI is InChI=1S/C18H24N4O4.C13H16N4O2.C2HF3O.C2H6/c1-18(2,3)26-17(25)21-8-6-13(7-9-21)22-15(24)5-4-14-16(22)20-12(11-23)10-19-14;18-8-9-7-15-11-1-2-12(19)17(13(11)16-9)10-3-5-14-6-4-10;3-2(4,5)1-6;1-2/h4-5,10,13,23H,6-9,11H2,1-3H3;1-2,7,10,14,18H,3-6,8H2;1H;1-2H3/i;;;1D. The van der Waals surface area contributed by atoms with Gasteiger partial charge in [-0.2, -0.15) is 13.2 Å². The molecule has 0 aromatic carbocycles. The van der Waals surface area contributed by atoms with Crippen molar-refractivity contribution in [2.24, 2.45) is 0 Å². The van der Waals surface area contributed by atoms with Gasteiger partial charge in [0.2, 0.25) is 6.29 Å². The van der Waals surface area contributed by atoms with Crippen LogP contribution in [-0.2, 0) is 22.7 Å². The molecule has 1 amide bonds. The predicted molar refractivity (Wildman–Crippen MR) is 190 cm³/mol. The number of piperidine rings is 2. The van der Waals surface area contributed by atoms with Gasteiger partial charge >= 0.3 is 12.3 Å². The summed E-state index contributed by atoms with van der Waals surface area (Å²) in [4.78, 5) is 64.4. The lowest BCUT2D eigenvalue weighted by molar-refractivity contribution is -0.156. The quantitative estimate of drug-likeness (QED) is 0.256. The number of nitrogens with one attached hydrogen (secondary N) is 1. The normalized spacial score (nSPS) is 15.6. The molecule has 4 aromatic rings. The number of alkyl halides is 3. The number of aliphatic hydroxyl groups is 2. The molecule has 0 saturated carbocycles. The van der Waals surface area contributed by atoms with E-state index in [1.807, 2.05) is 20.8 Å². The van der Waals surface area contributed by atoms with Crippen LogP contribution in [0.3, 0.4) is 0 Å². The van der Waals surface area contributed by atoms with E-state index in [9.17, 15) is 32.7 Å². The molecule has 53 heavy (non-hydrogen) atoms. The fourth-order valence-corrected chi connectivity index (χ4v) is 5.66. The van der Waals surface area contributed by atoms with Crippen molar-refractivity contribution in [3.05, 3.63) is 68.8 Å². The first-order chi connectivity index (χ1) is 25.5. The summed E-state index contributed by atoms with van der Waals surface area (Å²) in [6.45, 7) is 10.2. The first-order valence-electron chi connectivity index (χ1n) is 17.7. The largest absolute Gasteiger partial charge is 0.446 e. The Morgan fingerprint density at radius 2 is 1.30 bits per heavy atom. The second-order valence-electron chi connectivity index (χ2n) is 12.9. The van der Waals surface area contributed by atoms with Gasteiger partial charge in [-0.3, -0.25) is 33.5 Å². The van der Waals surface area contributed by atoms with Gasteiger partial charge in [0.05, 0.1) is 37.0 Å². The molecule has 4 aromatic heterocycles. The van der Waals surface area contributed by atoms with E-state index < -0.39 is 18.1 Å². The third-order valence-corrected chi connectivity index (χ3v) is 7.97. The van der Waals surface area contributed by atoms with Gasteiger partial charge in [-0.15, -0.1) is 0 Å². The van der Waals surface area contributed by atoms with Crippen molar-refractivity contribution >= 4 is 34.7 Å². The molecule has 6 heterocycles. The molecule has 0 spiro atoms. The van der Waals surface area contributed by atoms with Crippen LogP contribution in [0.1, 0.15) is 85.1 Å². The predicted octanol–water partition coefficient (Wildman–Crippen LogP) is 3.84. The number of likely N-dealkylation sites (tertiary alicyclic amines) is 1. The van der Waals surface area contributed by atoms with Crippen LogP contribution in [0.15, 0.2) is 46.2 Å². The molecule has 2 aliphatic heterocycles. The van der Waals surface area contributed by atoms with Crippen LogP contribution in [0.5, 0.6) is 0 Å². The summed E-state index contributed by atoms with van der Waals surface area (Å²) in [5, 5.41) is 21.8. The number of hydrogen-bond donors (Lipinski definition) is 3. The minimum atomic E-state index is -4.64. The molecule has 0 radical (unpaired) electrons. The Morgan fingerprint density at radius 1 is 0.887 bits per heavy atom. The number of carbonyl (C=O) groups is 2. The molecule has 3 N–H and O–H groups in total. The number of carbonyl (C=O) groups excluding carboxylic acids is 2. The summed E-state index contributed by atoms with van der Waals surface area (Å²) in [5.41, 5.74) is 2.51. The maximum Gasteiger partial charge on any atom is 0.446 e. The number of aromatic nitrogens is 6. The van der Waals surface area contributed by atoms with Gasteiger partial charge in [-0.05, 0) is 71.7 Å². The van der Waals surface area contributed by atoms with Crippen molar-refractivity contribution in [2.75, 3.05) is 26.2 Å². The smallest absolute Gasteiger partial charge is 0.444 e. The number of amides is 1. The fraction of sp³-hybridized carbons (Fsp3) is 0.543. The first-order valence-corrected chi connectivity index (χ1v) is 17.0. The van der Waals surface area contributed by atoms with E-state index in [1.54, 1.807) is 39.3 Å². The summed E-state index contributed by atoms with van der Waals surface area (Å²) in [6, 6.07) is 6.42. The van der Waals surface area contributed by atoms with Gasteiger partial charge in [0.15, 0.2) is 11.3 Å². The van der Waals surface area contributed by atoms with Gasteiger partial charge in [-0.25, -0.2) is 14.8 Å². The minimum Gasteiger partial charge on any atom is -0.444 e. The van der Waals surface area contributed by atoms with E-state index in [0.29, 0.717) is 66.5 Å². The average molecular weight is 750 g/mol. The monoisotopic (exact) mass is 749 g/mol. The molecule has 15 nitrogen and oxygen atoms in total. The molecule has 2 saturated heterocycles. The van der Waals surface area contributed by atoms with Crippen molar-refractivity contribution < 1.29 is 39.1 Å². The summed E-state index contributed by atoms with van der Waals surface area (Å²) in [6.07, 6.45) is 0.0822. The van der Waals surface area contributed by atoms with Crippen molar-refractivity contribution in [2.45, 2.75) is 97.4 Å². The number of aldehydes is 1. The van der Waals surface area contributed by atoms with Crippen LogP contribution in [-0.4, -0.2) is 94.5 Å². The molecule has 2 aliphatic rings. The van der Waals surface area contributed by atoms with E-state index in [2.05, 4.69) is 25.3 Å². The van der Waals surface area contributed by atoms with Gasteiger partial charge < -0.3 is 25.2 Å². The second kappa shape index (κ2) is 19.3. The molecule has 0 bridgehead atoms. The molecule has 0 aliphatic carbocycles. The van der Waals surface area contributed by atoms with Gasteiger partial charge in [0.25, 0.3) is 11.1 Å². The summed E-state index contributed by atoms with van der Waals surface area (Å²) >= 11 is 0. The zero-order valence-electron chi connectivity index (χ0n) is 31.2. The maximum absolute atomic E-state index is 12.5. The highest BCUT2D eigenvalue weighted by Gasteiger charge is 2.29. The Balaban J connectivity index is 0.000000244. The summed E-state index contributed by atoms with van der Waals surface area (Å²) in [5.74, 6) is 0. The number of hydrogen-bond acceptors (Lipinski definition) is 12. The lowest BCUT2D eigenvalue weighted by Crippen LogP contribution is -2.43. The molecule has 290 valence electrons. The Kier molecular flexibility index (Phi) is 14.9. The Labute approximate surface area is 305 Å². The van der Waals surface area contributed by atoms with Crippen LogP contribution in [0, 0.1) is 0 Å². The molecule has 2 fully saturated rings. The highest BCUT2D eigenvalue weighted by Crippen LogP contribution is 2.25. The van der Waals surface area contributed by atoms with Crippen molar-refractivity contribution in [3.63, 3.8) is 0 Å². The number of rotatable bonds is 4. The van der Waals surface area contributed by atoms with E-state index in [0.717, 1.165) is 25.9 Å². The van der Waals surface area contributed by atoms with Gasteiger partial charge in [0.1, 0.15) is 16.6 Å². The lowest BCUT2D eigenvalue weighted by atomic mass is 10.0. The van der Waals surface area contributed by atoms with Crippen LogP contribution in [0.2, 0.25) is 0 Å². The summed E-state index contributed by atoms with van der Waals surface area (Å²) in [7, 11) is 0. The Hall–Kier alpha value is -4.81. The van der Waals surface area contributed by atoms with E-state index in [1.165, 1.54) is 18.3 Å². The van der Waals surface area contributed by atoms with Gasteiger partial charge in [-0.1, -0.05) is 13.8 Å². The molecule has 0 atom stereocenters. The second-order valence-corrected chi connectivity index (χ2v) is 12.9. The number of nitrogens with zero attached hydrogens (tertiary/aromatic N) is 7. The SMILES string of the molecule is CC(C)(C)OC(=O)N1CCC(n2c(=O)ccc3ncc(CO)nc32)CC1.O=CC(F)(F)F.O=c1ccc2ncc(CO)nc2n1C1CCNCC1.[2H]CC. The number of ether oxygens (including phenoxy) is 1. The third kappa shape index (κ3) is 12.1. The van der Waals surface area contributed by atoms with Gasteiger partial charge in [0, 0.05) is 38.7 Å². The molecular formula is C35H47F3N8O7. The average Bonchev–Trinajstić information content (AvgIpc) is 3.14. The van der Waals surface area contributed by atoms with Crippen LogP contribution >= 0.6 is 0 Å². The highest BCUT2D eigenvalue weighted by molar-refractivity contribution is 5.71. The van der Waals surface area contributed by atoms with Crippen molar-refractivity contribution in [3.8, 4) is 0 Å². The number of halogens is 3. The molecule has 0 unspecified atom stereocenters. The number of aliphatic hydroxyl groups excluding tert-OH is 2. The minimum absolute atomic E-state index is 0.0520. The van der Waals surface area contributed by atoms with Crippen LogP contribution in [0.4, 0.5) is 18.0 Å². The van der Waals surface area contributed by atoms with E-state index >= 15 is 0 Å². The van der Waals surface area contributed by atoms with E-state index in [4.69, 9.17) is 16.0 Å². The fourth-order valence-electron chi connectivity index (χ4n) is 5.66. The molecule has 18 heteroatoms. The zero-order chi connectivity index (χ0) is 40.1. The van der Waals surface area contributed by atoms with Crippen LogP contribution in [0.25, 0.3) is 22.3 Å². The molecular weight excluding hydrogens is 701 g/mol. The van der Waals surface area contributed by atoms with E-state index in [-0.39, 0.29) is 42.5 Å². The molecule has 6 rings (SSSR count). The number of pyridine rings is 2.